The first-order chi connectivity index (χ1) is 7.32. The first kappa shape index (κ1) is 11.4. The van der Waals surface area contributed by atoms with Gasteiger partial charge in [-0.05, 0) is 25.8 Å². The lowest BCUT2D eigenvalue weighted by Gasteiger charge is -2.51. The van der Waals surface area contributed by atoms with E-state index >= 15 is 0 Å². The zero-order valence-electron chi connectivity index (χ0n) is 10.3. The van der Waals surface area contributed by atoms with Crippen molar-refractivity contribution < 1.29 is 4.74 Å². The van der Waals surface area contributed by atoms with Crippen molar-refractivity contribution in [2.24, 2.45) is 0 Å². The monoisotopic (exact) mass is 211 g/mol. The van der Waals surface area contributed by atoms with E-state index < -0.39 is 0 Å². The number of ether oxygens (including phenoxy) is 1. The second-order valence-corrected chi connectivity index (χ2v) is 5.03. The van der Waals surface area contributed by atoms with Gasteiger partial charge < -0.3 is 4.74 Å². The predicted molar refractivity (Wildman–Crippen MR) is 63.1 cm³/mol. The van der Waals surface area contributed by atoms with Gasteiger partial charge in [-0.3, -0.25) is 4.90 Å². The zero-order chi connectivity index (χ0) is 10.7. The van der Waals surface area contributed by atoms with E-state index in [0.717, 1.165) is 13.2 Å². The van der Waals surface area contributed by atoms with Crippen molar-refractivity contribution in [2.45, 2.75) is 64.0 Å². The highest BCUT2D eigenvalue weighted by molar-refractivity contribution is 4.98. The summed E-state index contributed by atoms with van der Waals surface area (Å²) in [6.07, 6.45) is 7.98. The molecule has 0 bridgehead atoms. The summed E-state index contributed by atoms with van der Waals surface area (Å²) in [7, 11) is 0. The van der Waals surface area contributed by atoms with Gasteiger partial charge in [-0.25, -0.2) is 0 Å². The molecule has 2 fully saturated rings. The van der Waals surface area contributed by atoms with Crippen LogP contribution in [0.2, 0.25) is 0 Å². The molecule has 1 saturated heterocycles. The molecular weight excluding hydrogens is 186 g/mol. The maximum atomic E-state index is 6.20. The summed E-state index contributed by atoms with van der Waals surface area (Å²) in [6.45, 7) is 7.87. The molecule has 88 valence electrons. The summed E-state index contributed by atoms with van der Waals surface area (Å²) in [5, 5.41) is 0. The van der Waals surface area contributed by atoms with Gasteiger partial charge in [0.2, 0.25) is 0 Å². The van der Waals surface area contributed by atoms with Gasteiger partial charge in [-0.15, -0.1) is 0 Å². The van der Waals surface area contributed by atoms with Crippen LogP contribution in [0.15, 0.2) is 0 Å². The van der Waals surface area contributed by atoms with Crippen molar-refractivity contribution in [1.29, 1.82) is 0 Å². The summed E-state index contributed by atoms with van der Waals surface area (Å²) in [5.41, 5.74) is 0.223. The number of rotatable bonds is 2. The molecule has 0 aromatic carbocycles. The molecule has 15 heavy (non-hydrogen) atoms. The fourth-order valence-corrected chi connectivity index (χ4v) is 3.59. The van der Waals surface area contributed by atoms with Crippen molar-refractivity contribution in [3.05, 3.63) is 0 Å². The molecule has 1 atom stereocenters. The molecule has 1 spiro atoms. The molecule has 0 radical (unpaired) electrons. The van der Waals surface area contributed by atoms with Crippen LogP contribution in [0.1, 0.15) is 52.4 Å². The van der Waals surface area contributed by atoms with Crippen LogP contribution in [0, 0.1) is 0 Å². The minimum Gasteiger partial charge on any atom is -0.372 e. The van der Waals surface area contributed by atoms with E-state index in [-0.39, 0.29) is 5.60 Å². The Hall–Kier alpha value is -0.0800. The van der Waals surface area contributed by atoms with Crippen molar-refractivity contribution in [3.8, 4) is 0 Å². The molecular formula is C13H25NO. The third-order valence-electron chi connectivity index (χ3n) is 4.31. The molecule has 1 aliphatic heterocycles. The second kappa shape index (κ2) is 4.84. The summed E-state index contributed by atoms with van der Waals surface area (Å²) < 4.78 is 6.20. The van der Waals surface area contributed by atoms with E-state index in [0.29, 0.717) is 6.04 Å². The average molecular weight is 211 g/mol. The van der Waals surface area contributed by atoms with Crippen molar-refractivity contribution >= 4 is 0 Å². The van der Waals surface area contributed by atoms with Crippen LogP contribution in [0.4, 0.5) is 0 Å². The van der Waals surface area contributed by atoms with Crippen LogP contribution in [0.25, 0.3) is 0 Å². The lowest BCUT2D eigenvalue weighted by Crippen LogP contribution is -2.60. The molecule has 2 rings (SSSR count). The van der Waals surface area contributed by atoms with E-state index in [1.165, 1.54) is 45.1 Å². The number of likely N-dealkylation sites (N-methyl/N-ethyl adjacent to an activating group) is 1. The van der Waals surface area contributed by atoms with E-state index in [2.05, 4.69) is 18.7 Å². The van der Waals surface area contributed by atoms with E-state index in [4.69, 9.17) is 4.74 Å². The highest BCUT2D eigenvalue weighted by Gasteiger charge is 2.44. The largest absolute Gasteiger partial charge is 0.372 e. The minimum absolute atomic E-state index is 0.223. The molecule has 2 heteroatoms. The molecule has 2 nitrogen and oxygen atoms in total. The average Bonchev–Trinajstić information content (AvgIpc) is 2.29. The van der Waals surface area contributed by atoms with Crippen molar-refractivity contribution in [1.82, 2.24) is 4.90 Å². The summed E-state index contributed by atoms with van der Waals surface area (Å²) in [5.74, 6) is 0. The van der Waals surface area contributed by atoms with Gasteiger partial charge in [0.05, 0.1) is 12.2 Å². The molecule has 0 aromatic rings. The fourth-order valence-electron chi connectivity index (χ4n) is 3.59. The Bertz CT molecular complexity index is 193. The van der Waals surface area contributed by atoms with Gasteiger partial charge in [0.15, 0.2) is 0 Å². The topological polar surface area (TPSA) is 12.5 Å². The van der Waals surface area contributed by atoms with Crippen molar-refractivity contribution in [3.63, 3.8) is 0 Å². The molecule has 1 aliphatic carbocycles. The van der Waals surface area contributed by atoms with E-state index in [1.807, 2.05) is 0 Å². The van der Waals surface area contributed by atoms with Gasteiger partial charge in [0, 0.05) is 12.6 Å². The second-order valence-electron chi connectivity index (χ2n) is 5.03. The quantitative estimate of drug-likeness (QED) is 0.696. The Kier molecular flexibility index (Phi) is 3.68. The highest BCUT2D eigenvalue weighted by atomic mass is 16.5. The van der Waals surface area contributed by atoms with Crippen LogP contribution in [-0.4, -0.2) is 36.2 Å². The lowest BCUT2D eigenvalue weighted by atomic mass is 9.76. The number of morpholine rings is 1. The van der Waals surface area contributed by atoms with Crippen LogP contribution in [0.5, 0.6) is 0 Å². The smallest absolute Gasteiger partial charge is 0.0837 e. The van der Waals surface area contributed by atoms with Crippen molar-refractivity contribution in [2.75, 3.05) is 19.7 Å². The summed E-state index contributed by atoms with van der Waals surface area (Å²) >= 11 is 0. The van der Waals surface area contributed by atoms with E-state index in [9.17, 15) is 0 Å². The summed E-state index contributed by atoms with van der Waals surface area (Å²) in [6, 6.07) is 0.677. The van der Waals surface area contributed by atoms with Gasteiger partial charge in [-0.2, -0.15) is 0 Å². The first-order valence-electron chi connectivity index (χ1n) is 6.70. The van der Waals surface area contributed by atoms with Crippen LogP contribution in [-0.2, 0) is 4.74 Å². The van der Waals surface area contributed by atoms with E-state index in [1.54, 1.807) is 0 Å². The maximum Gasteiger partial charge on any atom is 0.0837 e. The Labute approximate surface area is 94.0 Å². The molecule has 1 heterocycles. The molecule has 2 aliphatic rings. The third-order valence-corrected chi connectivity index (χ3v) is 4.31. The molecule has 1 unspecified atom stereocenters. The maximum absolute atomic E-state index is 6.20. The molecule has 1 saturated carbocycles. The lowest BCUT2D eigenvalue weighted by molar-refractivity contribution is -0.163. The van der Waals surface area contributed by atoms with Gasteiger partial charge in [-0.1, -0.05) is 33.1 Å². The molecule has 0 N–H and O–H groups in total. The molecule has 0 amide bonds. The van der Waals surface area contributed by atoms with Gasteiger partial charge >= 0.3 is 0 Å². The Morgan fingerprint density at radius 3 is 2.53 bits per heavy atom. The minimum atomic E-state index is 0.223. The number of hydrogen-bond acceptors (Lipinski definition) is 2. The first-order valence-corrected chi connectivity index (χ1v) is 6.70. The number of hydrogen-bond donors (Lipinski definition) is 0. The third kappa shape index (κ3) is 2.07. The zero-order valence-corrected chi connectivity index (χ0v) is 10.3. The Balaban J connectivity index is 2.12. The van der Waals surface area contributed by atoms with Gasteiger partial charge in [0.1, 0.15) is 0 Å². The Morgan fingerprint density at radius 2 is 1.93 bits per heavy atom. The fraction of sp³-hybridized carbons (Fsp3) is 1.00. The standard InChI is InChI=1S/C13H25NO/c1-3-12-13(8-6-5-7-9-13)15-11-10-14(12)4-2/h12H,3-11H2,1-2H3. The normalized spacial score (nSPS) is 32.0. The van der Waals surface area contributed by atoms with Crippen LogP contribution >= 0.6 is 0 Å². The number of nitrogens with zero attached hydrogens (tertiary/aromatic N) is 1. The molecule has 0 aromatic heterocycles. The summed E-state index contributed by atoms with van der Waals surface area (Å²) in [4.78, 5) is 2.63. The Morgan fingerprint density at radius 1 is 1.20 bits per heavy atom. The SMILES string of the molecule is CCC1N(CC)CCOC12CCCCC2. The van der Waals surface area contributed by atoms with Gasteiger partial charge in [0.25, 0.3) is 0 Å². The van der Waals surface area contributed by atoms with Crippen LogP contribution < -0.4 is 0 Å². The highest BCUT2D eigenvalue weighted by Crippen LogP contribution is 2.39. The van der Waals surface area contributed by atoms with Crippen LogP contribution in [0.3, 0.4) is 0 Å². The predicted octanol–water partition coefficient (Wildman–Crippen LogP) is 2.82.